The summed E-state index contributed by atoms with van der Waals surface area (Å²) in [5.74, 6) is 0.809. The lowest BCUT2D eigenvalue weighted by molar-refractivity contribution is 0.120. The van der Waals surface area contributed by atoms with Crippen molar-refractivity contribution in [2.45, 2.75) is 13.0 Å². The predicted octanol–water partition coefficient (Wildman–Crippen LogP) is 2.09. The largest absolute Gasteiger partial charge is 0.347 e. The second kappa shape index (κ2) is 7.29. The van der Waals surface area contributed by atoms with Gasteiger partial charge in [0.05, 0.1) is 6.04 Å². The van der Waals surface area contributed by atoms with Crippen molar-refractivity contribution in [2.24, 2.45) is 0 Å². The van der Waals surface area contributed by atoms with E-state index in [2.05, 4.69) is 21.8 Å². The molecular formula is C17H22N4O2S. The summed E-state index contributed by atoms with van der Waals surface area (Å²) >= 11 is 0. The maximum atomic E-state index is 12.7. The first kappa shape index (κ1) is 16.9. The van der Waals surface area contributed by atoms with E-state index in [1.54, 1.807) is 18.5 Å². The summed E-state index contributed by atoms with van der Waals surface area (Å²) in [4.78, 5) is 9.66. The SMILES string of the molecule is CCN1CCN(S(=O)(=O)/C=C/c2ccccc2)CC1c1ncc[nH]1. The fraction of sp³-hybridized carbons (Fsp3) is 0.353. The molecule has 1 N–H and O–H groups in total. The number of piperazine rings is 1. The minimum atomic E-state index is -3.45. The minimum Gasteiger partial charge on any atom is -0.347 e. The first-order valence-electron chi connectivity index (χ1n) is 8.07. The van der Waals surface area contributed by atoms with Crippen LogP contribution in [0, 0.1) is 0 Å². The summed E-state index contributed by atoms with van der Waals surface area (Å²) in [5, 5.41) is 1.29. The molecule has 1 aromatic heterocycles. The van der Waals surface area contributed by atoms with Crippen molar-refractivity contribution < 1.29 is 8.42 Å². The Hall–Kier alpha value is -1.96. The van der Waals surface area contributed by atoms with Gasteiger partial charge in [-0.3, -0.25) is 4.90 Å². The molecule has 7 heteroatoms. The number of nitrogens with zero attached hydrogens (tertiary/aromatic N) is 3. The van der Waals surface area contributed by atoms with E-state index in [1.807, 2.05) is 30.3 Å². The molecule has 0 amide bonds. The lowest BCUT2D eigenvalue weighted by Crippen LogP contribution is -2.50. The van der Waals surface area contributed by atoms with Crippen LogP contribution in [0.1, 0.15) is 24.4 Å². The Morgan fingerprint density at radius 3 is 2.75 bits per heavy atom. The molecule has 24 heavy (non-hydrogen) atoms. The van der Waals surface area contributed by atoms with Crippen LogP contribution in [-0.4, -0.2) is 53.8 Å². The highest BCUT2D eigenvalue weighted by molar-refractivity contribution is 7.92. The molecule has 0 radical (unpaired) electrons. The summed E-state index contributed by atoms with van der Waals surface area (Å²) < 4.78 is 26.9. The van der Waals surface area contributed by atoms with Crippen molar-refractivity contribution in [2.75, 3.05) is 26.2 Å². The van der Waals surface area contributed by atoms with Crippen molar-refractivity contribution in [3.63, 3.8) is 0 Å². The molecule has 1 atom stereocenters. The van der Waals surface area contributed by atoms with Gasteiger partial charge in [-0.1, -0.05) is 37.3 Å². The molecule has 0 bridgehead atoms. The van der Waals surface area contributed by atoms with Crippen LogP contribution < -0.4 is 0 Å². The Balaban J connectivity index is 1.77. The van der Waals surface area contributed by atoms with Crippen LogP contribution in [0.15, 0.2) is 48.1 Å². The molecule has 6 nitrogen and oxygen atoms in total. The molecule has 0 spiro atoms. The minimum absolute atomic E-state index is 0.0429. The van der Waals surface area contributed by atoms with E-state index in [4.69, 9.17) is 0 Å². The van der Waals surface area contributed by atoms with Crippen LogP contribution in [0.3, 0.4) is 0 Å². The summed E-state index contributed by atoms with van der Waals surface area (Å²) in [7, 11) is -3.45. The van der Waals surface area contributed by atoms with E-state index >= 15 is 0 Å². The summed E-state index contributed by atoms with van der Waals surface area (Å²) in [6, 6.07) is 9.40. The molecule has 3 rings (SSSR count). The number of hydrogen-bond acceptors (Lipinski definition) is 4. The van der Waals surface area contributed by atoms with Gasteiger partial charge >= 0.3 is 0 Å². The quantitative estimate of drug-likeness (QED) is 0.900. The summed E-state index contributed by atoms with van der Waals surface area (Å²) in [6.07, 6.45) is 5.11. The van der Waals surface area contributed by atoms with Gasteiger partial charge in [-0.2, -0.15) is 4.31 Å². The summed E-state index contributed by atoms with van der Waals surface area (Å²) in [6.45, 7) is 4.53. The van der Waals surface area contributed by atoms with Gasteiger partial charge in [0, 0.05) is 37.4 Å². The number of aromatic nitrogens is 2. The van der Waals surface area contributed by atoms with Gasteiger partial charge in [0.25, 0.3) is 0 Å². The fourth-order valence-corrected chi connectivity index (χ4v) is 4.13. The normalized spacial score (nSPS) is 20.6. The number of benzene rings is 1. The number of likely N-dealkylation sites (N-methyl/N-ethyl adjacent to an activating group) is 1. The number of imidazole rings is 1. The van der Waals surface area contributed by atoms with E-state index in [9.17, 15) is 8.42 Å². The lowest BCUT2D eigenvalue weighted by Gasteiger charge is -2.38. The van der Waals surface area contributed by atoms with Gasteiger partial charge in [-0.05, 0) is 18.2 Å². The number of sulfonamides is 1. The second-order valence-electron chi connectivity index (χ2n) is 5.74. The highest BCUT2D eigenvalue weighted by Gasteiger charge is 2.33. The highest BCUT2D eigenvalue weighted by Crippen LogP contribution is 2.24. The van der Waals surface area contributed by atoms with Crippen LogP contribution >= 0.6 is 0 Å². The zero-order valence-corrected chi connectivity index (χ0v) is 14.5. The maximum Gasteiger partial charge on any atom is 0.236 e. The lowest BCUT2D eigenvalue weighted by atomic mass is 10.2. The van der Waals surface area contributed by atoms with Crippen molar-refractivity contribution in [1.82, 2.24) is 19.2 Å². The monoisotopic (exact) mass is 346 g/mol. The molecule has 128 valence electrons. The standard InChI is InChI=1S/C17H22N4O2S/c1-2-20-11-12-21(14-16(20)17-18-9-10-19-17)24(22,23)13-8-15-6-4-3-5-7-15/h3-10,13,16H,2,11-12,14H2,1H3,(H,18,19)/b13-8+. The van der Waals surface area contributed by atoms with E-state index in [0.717, 1.165) is 17.9 Å². The van der Waals surface area contributed by atoms with Gasteiger partial charge in [0.2, 0.25) is 10.0 Å². The molecule has 2 heterocycles. The Labute approximate surface area is 142 Å². The van der Waals surface area contributed by atoms with Gasteiger partial charge < -0.3 is 4.98 Å². The van der Waals surface area contributed by atoms with Gasteiger partial charge in [-0.15, -0.1) is 0 Å². The molecule has 1 aromatic carbocycles. The molecule has 1 fully saturated rings. The predicted molar refractivity (Wildman–Crippen MR) is 94.5 cm³/mol. The third kappa shape index (κ3) is 3.75. The maximum absolute atomic E-state index is 12.7. The van der Waals surface area contributed by atoms with Gasteiger partial charge in [0.1, 0.15) is 5.82 Å². The second-order valence-corrected chi connectivity index (χ2v) is 7.55. The molecule has 1 unspecified atom stereocenters. The van der Waals surface area contributed by atoms with Crippen molar-refractivity contribution in [3.8, 4) is 0 Å². The molecular weight excluding hydrogens is 324 g/mol. The third-order valence-electron chi connectivity index (χ3n) is 4.29. The molecule has 1 saturated heterocycles. The van der Waals surface area contributed by atoms with Crippen LogP contribution in [0.5, 0.6) is 0 Å². The molecule has 1 aliphatic heterocycles. The number of aromatic amines is 1. The first-order valence-corrected chi connectivity index (χ1v) is 9.57. The number of hydrogen-bond donors (Lipinski definition) is 1. The average molecular weight is 346 g/mol. The Morgan fingerprint density at radius 2 is 2.08 bits per heavy atom. The Morgan fingerprint density at radius 1 is 1.29 bits per heavy atom. The fourth-order valence-electron chi connectivity index (χ4n) is 2.94. The number of nitrogens with one attached hydrogen (secondary N) is 1. The van der Waals surface area contributed by atoms with Crippen molar-refractivity contribution in [3.05, 3.63) is 59.5 Å². The van der Waals surface area contributed by atoms with Crippen LogP contribution in [0.25, 0.3) is 6.08 Å². The zero-order valence-electron chi connectivity index (χ0n) is 13.7. The molecule has 0 saturated carbocycles. The molecule has 0 aliphatic carbocycles. The van der Waals surface area contributed by atoms with Crippen LogP contribution in [0.2, 0.25) is 0 Å². The van der Waals surface area contributed by atoms with E-state index < -0.39 is 10.0 Å². The number of H-pyrrole nitrogens is 1. The Bertz CT molecular complexity index is 772. The topological polar surface area (TPSA) is 69.3 Å². The number of rotatable bonds is 5. The third-order valence-corrected chi connectivity index (χ3v) is 5.82. The van der Waals surface area contributed by atoms with Gasteiger partial charge in [0.15, 0.2) is 0 Å². The van der Waals surface area contributed by atoms with E-state index in [-0.39, 0.29) is 6.04 Å². The summed E-state index contributed by atoms with van der Waals surface area (Å²) in [5.41, 5.74) is 0.871. The van der Waals surface area contributed by atoms with Crippen molar-refractivity contribution >= 4 is 16.1 Å². The van der Waals surface area contributed by atoms with Gasteiger partial charge in [-0.25, -0.2) is 13.4 Å². The first-order chi connectivity index (χ1) is 11.6. The van der Waals surface area contributed by atoms with E-state index in [1.165, 1.54) is 9.71 Å². The average Bonchev–Trinajstić information content (AvgIpc) is 3.15. The van der Waals surface area contributed by atoms with Crippen LogP contribution in [0.4, 0.5) is 0 Å². The van der Waals surface area contributed by atoms with Crippen molar-refractivity contribution in [1.29, 1.82) is 0 Å². The smallest absolute Gasteiger partial charge is 0.236 e. The highest BCUT2D eigenvalue weighted by atomic mass is 32.2. The van der Waals surface area contributed by atoms with E-state index in [0.29, 0.717) is 19.6 Å². The van der Waals surface area contributed by atoms with Crippen LogP contribution in [-0.2, 0) is 10.0 Å². The zero-order chi connectivity index (χ0) is 17.0. The molecule has 1 aliphatic rings. The Kier molecular flexibility index (Phi) is 5.13. The molecule has 2 aromatic rings.